The number of rotatable bonds is 5. The van der Waals surface area contributed by atoms with Crippen molar-refractivity contribution >= 4 is 46.5 Å². The molecule has 0 fully saturated rings. The van der Waals surface area contributed by atoms with Gasteiger partial charge in [0.15, 0.2) is 5.13 Å². The van der Waals surface area contributed by atoms with Gasteiger partial charge in [-0.05, 0) is 24.3 Å². The normalized spacial score (nSPS) is 11.9. The Bertz CT molecular complexity index is 614. The first-order valence-corrected chi connectivity index (χ1v) is 8.78. The molecule has 1 aromatic heterocycles. The summed E-state index contributed by atoms with van der Waals surface area (Å²) >= 11 is 3.11. The molecule has 3 N–H and O–H groups in total. The highest BCUT2D eigenvalue weighted by Gasteiger charge is 2.18. The lowest BCUT2D eigenvalue weighted by Gasteiger charge is -2.13. The zero-order valence-corrected chi connectivity index (χ0v) is 15.1. The summed E-state index contributed by atoms with van der Waals surface area (Å²) in [6.07, 6.45) is 2.05. The highest BCUT2D eigenvalue weighted by molar-refractivity contribution is 7.98. The van der Waals surface area contributed by atoms with Gasteiger partial charge >= 0.3 is 0 Å². The van der Waals surface area contributed by atoms with Gasteiger partial charge in [-0.15, -0.1) is 35.5 Å². The quantitative estimate of drug-likeness (QED) is 0.797. The van der Waals surface area contributed by atoms with Gasteiger partial charge < -0.3 is 11.1 Å². The van der Waals surface area contributed by atoms with Crippen LogP contribution >= 0.6 is 35.5 Å². The lowest BCUT2D eigenvalue weighted by Crippen LogP contribution is -2.39. The third kappa shape index (κ3) is 4.71. The van der Waals surface area contributed by atoms with Crippen molar-refractivity contribution in [1.82, 2.24) is 4.98 Å². The van der Waals surface area contributed by atoms with E-state index in [-0.39, 0.29) is 24.2 Å². The highest BCUT2D eigenvalue weighted by atomic mass is 35.5. The number of thiazole rings is 1. The second kappa shape index (κ2) is 8.53. The molecule has 4 nitrogen and oxygen atoms in total. The van der Waals surface area contributed by atoms with Crippen LogP contribution in [0.5, 0.6) is 0 Å². The molecule has 0 bridgehead atoms. The summed E-state index contributed by atoms with van der Waals surface area (Å²) in [5, 5.41) is 5.29. The van der Waals surface area contributed by atoms with Gasteiger partial charge in [-0.1, -0.05) is 26.0 Å². The van der Waals surface area contributed by atoms with Crippen molar-refractivity contribution in [2.45, 2.75) is 24.8 Å². The van der Waals surface area contributed by atoms with Gasteiger partial charge in [0.1, 0.15) is 0 Å². The van der Waals surface area contributed by atoms with E-state index < -0.39 is 6.04 Å². The Morgan fingerprint density at radius 1 is 1.32 bits per heavy atom. The molecule has 0 aliphatic rings. The van der Waals surface area contributed by atoms with E-state index in [9.17, 15) is 4.79 Å². The molecule has 1 heterocycles. The molecule has 0 radical (unpaired) electrons. The number of nitrogens with two attached hydrogens (primary N) is 1. The van der Waals surface area contributed by atoms with Crippen molar-refractivity contribution in [3.8, 4) is 11.3 Å². The molecule has 2 aromatic rings. The molecule has 7 heteroatoms. The van der Waals surface area contributed by atoms with Crippen LogP contribution in [-0.2, 0) is 4.79 Å². The summed E-state index contributed by atoms with van der Waals surface area (Å²) in [6, 6.07) is 7.68. The van der Waals surface area contributed by atoms with Gasteiger partial charge in [0, 0.05) is 15.8 Å². The smallest absolute Gasteiger partial charge is 0.243 e. The molecule has 120 valence electrons. The molecule has 1 aromatic carbocycles. The van der Waals surface area contributed by atoms with E-state index >= 15 is 0 Å². The summed E-state index contributed by atoms with van der Waals surface area (Å²) < 4.78 is 0. The Labute approximate surface area is 145 Å². The van der Waals surface area contributed by atoms with Crippen LogP contribution in [-0.4, -0.2) is 23.2 Å². The summed E-state index contributed by atoms with van der Waals surface area (Å²) in [7, 11) is 0. The van der Waals surface area contributed by atoms with Gasteiger partial charge in [0.2, 0.25) is 5.91 Å². The minimum Gasteiger partial charge on any atom is -0.320 e. The number of carbonyl (C=O) groups is 1. The summed E-state index contributed by atoms with van der Waals surface area (Å²) in [6.45, 7) is 3.84. The molecular formula is C15H20ClN3OS2. The number of thioether (sulfide) groups is 1. The van der Waals surface area contributed by atoms with Crippen molar-refractivity contribution in [3.05, 3.63) is 29.6 Å². The number of hydrogen-bond acceptors (Lipinski definition) is 5. The maximum atomic E-state index is 11.9. The van der Waals surface area contributed by atoms with Crippen LogP contribution in [0.25, 0.3) is 11.3 Å². The third-order valence-electron chi connectivity index (χ3n) is 3.14. The molecule has 1 amide bonds. The maximum Gasteiger partial charge on any atom is 0.243 e. The average molecular weight is 358 g/mol. The second-order valence-corrected chi connectivity index (χ2v) is 6.76. The molecule has 0 aliphatic heterocycles. The number of anilines is 1. The minimum absolute atomic E-state index is 0. The largest absolute Gasteiger partial charge is 0.320 e. The first kappa shape index (κ1) is 19.0. The standard InChI is InChI=1S/C15H19N3OS2.ClH/c1-9(2)13(16)14(19)18-15-17-12(8-21-15)10-4-6-11(20-3)7-5-10;/h4-9,13H,16H2,1-3H3,(H,17,18,19);1H. The van der Waals surface area contributed by atoms with Gasteiger partial charge in [0.05, 0.1) is 11.7 Å². The summed E-state index contributed by atoms with van der Waals surface area (Å²) in [4.78, 5) is 17.6. The van der Waals surface area contributed by atoms with Crippen molar-refractivity contribution in [2.75, 3.05) is 11.6 Å². The number of nitrogens with zero attached hydrogens (tertiary/aromatic N) is 1. The van der Waals surface area contributed by atoms with Crippen molar-refractivity contribution in [1.29, 1.82) is 0 Å². The lowest BCUT2D eigenvalue weighted by molar-refractivity contribution is -0.118. The predicted molar refractivity (Wildman–Crippen MR) is 98.0 cm³/mol. The Kier molecular flexibility index (Phi) is 7.35. The molecule has 0 saturated carbocycles. The molecule has 0 spiro atoms. The first-order chi connectivity index (χ1) is 10.0. The first-order valence-electron chi connectivity index (χ1n) is 6.67. The molecule has 0 aliphatic carbocycles. The van der Waals surface area contributed by atoms with Gasteiger partial charge in [-0.25, -0.2) is 4.98 Å². The van der Waals surface area contributed by atoms with Crippen LogP contribution < -0.4 is 11.1 Å². The van der Waals surface area contributed by atoms with Crippen LogP contribution in [0, 0.1) is 5.92 Å². The van der Waals surface area contributed by atoms with Crippen LogP contribution in [0.1, 0.15) is 13.8 Å². The summed E-state index contributed by atoms with van der Waals surface area (Å²) in [5.41, 5.74) is 7.72. The SMILES string of the molecule is CSc1ccc(-c2csc(NC(=O)C(N)C(C)C)n2)cc1.Cl. The monoisotopic (exact) mass is 357 g/mol. The van der Waals surface area contributed by atoms with Crippen molar-refractivity contribution in [2.24, 2.45) is 11.7 Å². The molecule has 1 unspecified atom stereocenters. The Hall–Kier alpha value is -1.08. The highest BCUT2D eigenvalue weighted by Crippen LogP contribution is 2.26. The topological polar surface area (TPSA) is 68.0 Å². The van der Waals surface area contributed by atoms with Crippen molar-refractivity contribution in [3.63, 3.8) is 0 Å². The predicted octanol–water partition coefficient (Wildman–Crippen LogP) is 3.88. The number of amides is 1. The fourth-order valence-electron chi connectivity index (χ4n) is 1.72. The summed E-state index contributed by atoms with van der Waals surface area (Å²) in [5.74, 6) is -0.0906. The Balaban J connectivity index is 0.00000242. The zero-order valence-electron chi connectivity index (χ0n) is 12.7. The number of hydrogen-bond donors (Lipinski definition) is 2. The molecule has 0 saturated heterocycles. The van der Waals surface area contributed by atoms with Gasteiger partial charge in [-0.3, -0.25) is 4.79 Å². The lowest BCUT2D eigenvalue weighted by atomic mass is 10.1. The van der Waals surface area contributed by atoms with Gasteiger partial charge in [0.25, 0.3) is 0 Å². The molecule has 2 rings (SSSR count). The Morgan fingerprint density at radius 3 is 2.50 bits per heavy atom. The van der Waals surface area contributed by atoms with E-state index in [1.807, 2.05) is 37.6 Å². The van der Waals surface area contributed by atoms with Gasteiger partial charge in [-0.2, -0.15) is 0 Å². The molecule has 1 atom stereocenters. The fourth-order valence-corrected chi connectivity index (χ4v) is 2.85. The Morgan fingerprint density at radius 2 is 1.95 bits per heavy atom. The van der Waals surface area contributed by atoms with E-state index in [0.29, 0.717) is 5.13 Å². The maximum absolute atomic E-state index is 11.9. The van der Waals surface area contributed by atoms with Crippen LogP contribution in [0.4, 0.5) is 5.13 Å². The van der Waals surface area contributed by atoms with E-state index in [1.54, 1.807) is 11.8 Å². The average Bonchev–Trinajstić information content (AvgIpc) is 2.94. The second-order valence-electron chi connectivity index (χ2n) is 5.03. The molecule has 22 heavy (non-hydrogen) atoms. The zero-order chi connectivity index (χ0) is 15.4. The minimum atomic E-state index is -0.516. The van der Waals surface area contributed by atoms with Crippen molar-refractivity contribution < 1.29 is 4.79 Å². The number of benzene rings is 1. The van der Waals surface area contributed by atoms with Crippen LogP contribution in [0.15, 0.2) is 34.5 Å². The van der Waals surface area contributed by atoms with Crippen LogP contribution in [0.2, 0.25) is 0 Å². The molecular weight excluding hydrogens is 338 g/mol. The third-order valence-corrected chi connectivity index (χ3v) is 4.64. The van der Waals surface area contributed by atoms with E-state index in [1.165, 1.54) is 16.2 Å². The fraction of sp³-hybridized carbons (Fsp3) is 0.333. The number of halogens is 1. The number of nitrogens with one attached hydrogen (secondary N) is 1. The number of aromatic nitrogens is 1. The van der Waals surface area contributed by atoms with E-state index in [2.05, 4.69) is 22.4 Å². The van der Waals surface area contributed by atoms with E-state index in [4.69, 9.17) is 5.73 Å². The number of carbonyl (C=O) groups excluding carboxylic acids is 1. The van der Waals surface area contributed by atoms with E-state index in [0.717, 1.165) is 11.3 Å². The van der Waals surface area contributed by atoms with Crippen LogP contribution in [0.3, 0.4) is 0 Å².